The van der Waals surface area contributed by atoms with Crippen LogP contribution < -0.4 is 5.32 Å². The molecule has 0 aliphatic carbocycles. The fraction of sp³-hybridized carbons (Fsp3) is 0.240. The Morgan fingerprint density at radius 3 is 2.45 bits per heavy atom. The van der Waals surface area contributed by atoms with E-state index in [4.69, 9.17) is 23.2 Å². The topological polar surface area (TPSA) is 67.2 Å². The molecule has 2 aromatic carbocycles. The molecule has 33 heavy (non-hydrogen) atoms. The first kappa shape index (κ1) is 23.1. The zero-order valence-corrected chi connectivity index (χ0v) is 19.7. The fourth-order valence-electron chi connectivity index (χ4n) is 3.84. The highest BCUT2D eigenvalue weighted by atomic mass is 35.5. The molecular formula is C25H24Cl2N4O2. The molecule has 1 aliphatic rings. The van der Waals surface area contributed by atoms with E-state index in [9.17, 15) is 9.59 Å². The van der Waals surface area contributed by atoms with Crippen LogP contribution in [0.15, 0.2) is 60.7 Å². The molecule has 6 nitrogen and oxygen atoms in total. The van der Waals surface area contributed by atoms with Gasteiger partial charge in [0.2, 0.25) is 5.91 Å². The maximum Gasteiger partial charge on any atom is 0.272 e. The zero-order chi connectivity index (χ0) is 23.4. The second-order valence-electron chi connectivity index (χ2n) is 7.99. The zero-order valence-electron chi connectivity index (χ0n) is 18.2. The second-order valence-corrected chi connectivity index (χ2v) is 8.80. The van der Waals surface area contributed by atoms with Crippen molar-refractivity contribution in [1.82, 2.24) is 20.0 Å². The van der Waals surface area contributed by atoms with Crippen LogP contribution in [0.25, 0.3) is 17.3 Å². The number of piperidine rings is 1. The third-order valence-corrected chi connectivity index (χ3v) is 6.41. The van der Waals surface area contributed by atoms with Crippen molar-refractivity contribution in [1.29, 1.82) is 0 Å². The van der Waals surface area contributed by atoms with Crippen LogP contribution in [0.4, 0.5) is 0 Å². The summed E-state index contributed by atoms with van der Waals surface area (Å²) in [5.41, 5.74) is 3.10. The van der Waals surface area contributed by atoms with Gasteiger partial charge in [0.15, 0.2) is 0 Å². The summed E-state index contributed by atoms with van der Waals surface area (Å²) in [5, 5.41) is 8.43. The number of hydrogen-bond acceptors (Lipinski definition) is 3. The van der Waals surface area contributed by atoms with Gasteiger partial charge >= 0.3 is 0 Å². The predicted molar refractivity (Wildman–Crippen MR) is 131 cm³/mol. The van der Waals surface area contributed by atoms with Gasteiger partial charge in [-0.05, 0) is 42.7 Å². The Hall–Kier alpha value is -3.09. The highest BCUT2D eigenvalue weighted by molar-refractivity contribution is 6.42. The van der Waals surface area contributed by atoms with Gasteiger partial charge in [0.25, 0.3) is 5.91 Å². The predicted octanol–water partition coefficient (Wildman–Crippen LogP) is 4.83. The monoisotopic (exact) mass is 482 g/mol. The molecule has 4 rings (SSSR count). The van der Waals surface area contributed by atoms with Crippen molar-refractivity contribution in [3.05, 3.63) is 82.0 Å². The van der Waals surface area contributed by atoms with E-state index in [0.29, 0.717) is 41.7 Å². The van der Waals surface area contributed by atoms with E-state index < -0.39 is 0 Å². The third-order valence-electron chi connectivity index (χ3n) is 5.67. The average molecular weight is 483 g/mol. The molecule has 0 bridgehead atoms. The number of hydrogen-bond donors (Lipinski definition) is 1. The maximum absolute atomic E-state index is 13.1. The van der Waals surface area contributed by atoms with Crippen molar-refractivity contribution < 1.29 is 9.59 Å². The molecule has 2 amide bonds. The molecule has 8 heteroatoms. The summed E-state index contributed by atoms with van der Waals surface area (Å²) < 4.78 is 1.63. The number of nitrogens with one attached hydrogen (secondary N) is 1. The van der Waals surface area contributed by atoms with Gasteiger partial charge in [0.05, 0.1) is 15.7 Å². The molecule has 1 N–H and O–H groups in total. The van der Waals surface area contributed by atoms with Crippen LogP contribution in [-0.4, -0.2) is 45.6 Å². The molecule has 0 saturated carbocycles. The molecule has 1 fully saturated rings. The van der Waals surface area contributed by atoms with Gasteiger partial charge in [0.1, 0.15) is 5.69 Å². The summed E-state index contributed by atoms with van der Waals surface area (Å²) in [6.07, 6.45) is 4.57. The number of likely N-dealkylation sites (tertiary alicyclic amines) is 1. The van der Waals surface area contributed by atoms with E-state index in [-0.39, 0.29) is 17.9 Å². The van der Waals surface area contributed by atoms with Crippen LogP contribution in [0.2, 0.25) is 10.0 Å². The minimum Gasteiger partial charge on any atom is -0.350 e. The lowest BCUT2D eigenvalue weighted by Crippen LogP contribution is -2.46. The number of carbonyl (C=O) groups is 2. The Labute approximate surface area is 202 Å². The minimum absolute atomic E-state index is 0.0198. The number of aromatic nitrogens is 2. The quantitative estimate of drug-likeness (QED) is 0.529. The van der Waals surface area contributed by atoms with Crippen LogP contribution in [-0.2, 0) is 11.8 Å². The number of benzene rings is 2. The molecular weight excluding hydrogens is 459 g/mol. The number of carbonyl (C=O) groups excluding carboxylic acids is 2. The highest BCUT2D eigenvalue weighted by Crippen LogP contribution is 2.23. The third kappa shape index (κ3) is 5.64. The van der Waals surface area contributed by atoms with Crippen LogP contribution >= 0.6 is 23.2 Å². The highest BCUT2D eigenvalue weighted by Gasteiger charge is 2.26. The summed E-state index contributed by atoms with van der Waals surface area (Å²) in [4.78, 5) is 27.2. The summed E-state index contributed by atoms with van der Waals surface area (Å²) >= 11 is 11.9. The smallest absolute Gasteiger partial charge is 0.272 e. The normalized spacial score (nSPS) is 14.6. The molecule has 0 unspecified atom stereocenters. The Morgan fingerprint density at radius 2 is 1.76 bits per heavy atom. The van der Waals surface area contributed by atoms with Gasteiger partial charge in [0, 0.05) is 37.8 Å². The Balaban J connectivity index is 1.31. The number of halogens is 2. The van der Waals surface area contributed by atoms with E-state index in [1.165, 1.54) is 6.08 Å². The molecule has 1 aromatic heterocycles. The molecule has 2 heterocycles. The van der Waals surface area contributed by atoms with Gasteiger partial charge in [-0.3, -0.25) is 14.3 Å². The largest absolute Gasteiger partial charge is 0.350 e. The van der Waals surface area contributed by atoms with Crippen molar-refractivity contribution in [2.24, 2.45) is 7.05 Å². The number of rotatable bonds is 5. The van der Waals surface area contributed by atoms with Crippen LogP contribution in [0.1, 0.15) is 28.9 Å². The Morgan fingerprint density at radius 1 is 1.03 bits per heavy atom. The number of amides is 2. The lowest BCUT2D eigenvalue weighted by atomic mass is 10.0. The maximum atomic E-state index is 13.1. The minimum atomic E-state index is -0.176. The summed E-state index contributed by atoms with van der Waals surface area (Å²) in [6, 6.07) is 16.8. The lowest BCUT2D eigenvalue weighted by molar-refractivity contribution is -0.117. The van der Waals surface area contributed by atoms with Crippen LogP contribution in [0, 0.1) is 0 Å². The van der Waals surface area contributed by atoms with Gasteiger partial charge in [-0.2, -0.15) is 5.10 Å². The molecule has 0 atom stereocenters. The molecule has 0 radical (unpaired) electrons. The molecule has 170 valence electrons. The number of aryl methyl sites for hydroxylation is 1. The average Bonchev–Trinajstić information content (AvgIpc) is 3.22. The first-order valence-electron chi connectivity index (χ1n) is 10.7. The molecule has 3 aromatic rings. The van der Waals surface area contributed by atoms with Gasteiger partial charge in [-0.15, -0.1) is 0 Å². The van der Waals surface area contributed by atoms with Crippen LogP contribution in [0.3, 0.4) is 0 Å². The first-order valence-corrected chi connectivity index (χ1v) is 11.5. The second kappa shape index (κ2) is 10.2. The SMILES string of the molecule is Cn1nc(-c2ccccc2)cc1C(=O)N1CCC(NC(=O)/C=C/c2ccc(Cl)c(Cl)c2)CC1. The van der Waals surface area contributed by atoms with Crippen molar-refractivity contribution in [3.8, 4) is 11.3 Å². The van der Waals surface area contributed by atoms with Crippen molar-refractivity contribution in [2.45, 2.75) is 18.9 Å². The Bertz CT molecular complexity index is 1180. The standard InChI is InChI=1S/C25H24Cl2N4O2/c1-30-23(16-22(29-30)18-5-3-2-4-6-18)25(33)31-13-11-19(12-14-31)28-24(32)10-8-17-7-9-20(26)21(27)15-17/h2-10,15-16,19H,11-14H2,1H3,(H,28,32)/b10-8+. The van der Waals surface area contributed by atoms with Crippen molar-refractivity contribution in [2.75, 3.05) is 13.1 Å². The van der Waals surface area contributed by atoms with Crippen molar-refractivity contribution >= 4 is 41.1 Å². The van der Waals surface area contributed by atoms with E-state index in [1.807, 2.05) is 41.3 Å². The summed E-state index contributed by atoms with van der Waals surface area (Å²) in [7, 11) is 1.78. The molecule has 0 spiro atoms. The lowest BCUT2D eigenvalue weighted by Gasteiger charge is -2.32. The van der Waals surface area contributed by atoms with Crippen LogP contribution in [0.5, 0.6) is 0 Å². The van der Waals surface area contributed by atoms with E-state index in [2.05, 4.69) is 10.4 Å². The first-order chi connectivity index (χ1) is 15.9. The van der Waals surface area contributed by atoms with Crippen molar-refractivity contribution in [3.63, 3.8) is 0 Å². The van der Waals surface area contributed by atoms with Gasteiger partial charge < -0.3 is 10.2 Å². The Kier molecular flexibility index (Phi) is 7.16. The fourth-order valence-corrected chi connectivity index (χ4v) is 4.15. The summed E-state index contributed by atoms with van der Waals surface area (Å²) in [5.74, 6) is -0.221. The van der Waals surface area contributed by atoms with Gasteiger partial charge in [-0.25, -0.2) is 0 Å². The summed E-state index contributed by atoms with van der Waals surface area (Å²) in [6.45, 7) is 1.15. The molecule has 1 aliphatic heterocycles. The molecule has 1 saturated heterocycles. The van der Waals surface area contributed by atoms with Gasteiger partial charge in [-0.1, -0.05) is 59.6 Å². The number of nitrogens with zero attached hydrogens (tertiary/aromatic N) is 3. The van der Waals surface area contributed by atoms with E-state index >= 15 is 0 Å². The van der Waals surface area contributed by atoms with E-state index in [1.54, 1.807) is 36.0 Å². The van der Waals surface area contributed by atoms with E-state index in [0.717, 1.165) is 16.8 Å².